The zero-order valence-electron chi connectivity index (χ0n) is 10.4. The van der Waals surface area contributed by atoms with E-state index in [4.69, 9.17) is 10.5 Å². The summed E-state index contributed by atoms with van der Waals surface area (Å²) in [4.78, 5) is 13.8. The van der Waals surface area contributed by atoms with Crippen LogP contribution < -0.4 is 5.73 Å². The highest BCUT2D eigenvalue weighted by atomic mass is 16.5. The van der Waals surface area contributed by atoms with Crippen molar-refractivity contribution < 1.29 is 9.53 Å². The van der Waals surface area contributed by atoms with Crippen LogP contribution in [0.25, 0.3) is 0 Å². The van der Waals surface area contributed by atoms with Gasteiger partial charge in [-0.2, -0.15) is 0 Å². The van der Waals surface area contributed by atoms with Crippen molar-refractivity contribution >= 4 is 5.91 Å². The van der Waals surface area contributed by atoms with Crippen LogP contribution in [0.15, 0.2) is 0 Å². The maximum Gasteiger partial charge on any atom is 0.225 e. The average Bonchev–Trinajstić information content (AvgIpc) is 2.29. The second-order valence-electron chi connectivity index (χ2n) is 4.57. The molecule has 0 radical (unpaired) electrons. The van der Waals surface area contributed by atoms with E-state index in [0.29, 0.717) is 25.8 Å². The summed E-state index contributed by atoms with van der Waals surface area (Å²) in [5.41, 5.74) is 5.83. The quantitative estimate of drug-likeness (QED) is 0.714. The molecule has 2 N–H and O–H groups in total. The first-order valence-corrected chi connectivity index (χ1v) is 6.23. The Bertz CT molecular complexity index is 213. The van der Waals surface area contributed by atoms with Gasteiger partial charge in [0.25, 0.3) is 0 Å². The minimum atomic E-state index is 0.187. The van der Waals surface area contributed by atoms with Crippen LogP contribution in [0.1, 0.15) is 32.6 Å². The monoisotopic (exact) mass is 228 g/mol. The lowest BCUT2D eigenvalue weighted by atomic mass is 9.85. The number of carbonyl (C=O) groups excluding carboxylic acids is 1. The zero-order valence-corrected chi connectivity index (χ0v) is 10.4. The van der Waals surface area contributed by atoms with Crippen molar-refractivity contribution in [3.8, 4) is 0 Å². The Morgan fingerprint density at radius 2 is 2.00 bits per heavy atom. The minimum Gasteiger partial charge on any atom is -0.380 e. The minimum absolute atomic E-state index is 0.187. The van der Waals surface area contributed by atoms with Crippen molar-refractivity contribution in [3.63, 3.8) is 0 Å². The molecule has 1 aliphatic rings. The summed E-state index contributed by atoms with van der Waals surface area (Å²) >= 11 is 0. The molecular formula is C12H24N2O2. The Morgan fingerprint density at radius 1 is 1.38 bits per heavy atom. The summed E-state index contributed by atoms with van der Waals surface area (Å²) in [5.74, 6) is 0.443. The molecule has 0 aromatic carbocycles. The molecule has 94 valence electrons. The van der Waals surface area contributed by atoms with Gasteiger partial charge in [-0.25, -0.2) is 0 Å². The molecule has 0 unspecified atom stereocenters. The van der Waals surface area contributed by atoms with Gasteiger partial charge < -0.3 is 15.4 Å². The number of hydrogen-bond donors (Lipinski definition) is 1. The molecule has 1 rings (SSSR count). The van der Waals surface area contributed by atoms with Crippen LogP contribution in [-0.2, 0) is 9.53 Å². The van der Waals surface area contributed by atoms with Gasteiger partial charge in [-0.15, -0.1) is 0 Å². The second-order valence-corrected chi connectivity index (χ2v) is 4.57. The molecule has 1 saturated carbocycles. The molecule has 0 aromatic heterocycles. The molecule has 4 heteroatoms. The van der Waals surface area contributed by atoms with Gasteiger partial charge in [0.2, 0.25) is 5.91 Å². The molecule has 4 nitrogen and oxygen atoms in total. The third-order valence-electron chi connectivity index (χ3n) is 3.27. The Hall–Kier alpha value is -0.610. The predicted octanol–water partition coefficient (Wildman–Crippen LogP) is 0.999. The fourth-order valence-electron chi connectivity index (χ4n) is 2.13. The SMILES string of the molecule is CCOCCN(C)C(=O)C1CCC(N)CC1. The maximum absolute atomic E-state index is 12.0. The van der Waals surface area contributed by atoms with Crippen LogP contribution in [0.5, 0.6) is 0 Å². The lowest BCUT2D eigenvalue weighted by Gasteiger charge is -2.28. The van der Waals surface area contributed by atoms with Gasteiger partial charge in [0.15, 0.2) is 0 Å². The first-order valence-electron chi connectivity index (χ1n) is 6.23. The molecule has 1 fully saturated rings. The van der Waals surface area contributed by atoms with E-state index >= 15 is 0 Å². The lowest BCUT2D eigenvalue weighted by Crippen LogP contribution is -2.38. The Labute approximate surface area is 98.1 Å². The fourth-order valence-corrected chi connectivity index (χ4v) is 2.13. The largest absolute Gasteiger partial charge is 0.380 e. The highest BCUT2D eigenvalue weighted by Gasteiger charge is 2.26. The van der Waals surface area contributed by atoms with Crippen LogP contribution >= 0.6 is 0 Å². The number of likely N-dealkylation sites (N-methyl/N-ethyl adjacent to an activating group) is 1. The van der Waals surface area contributed by atoms with Crippen LogP contribution in [0.4, 0.5) is 0 Å². The summed E-state index contributed by atoms with van der Waals surface area (Å²) < 4.78 is 5.24. The van der Waals surface area contributed by atoms with Crippen molar-refractivity contribution in [1.82, 2.24) is 4.90 Å². The molecule has 0 heterocycles. The standard InChI is InChI=1S/C12H24N2O2/c1-3-16-9-8-14(2)12(15)10-4-6-11(13)7-5-10/h10-11H,3-9,13H2,1-2H3. The van der Waals surface area contributed by atoms with Gasteiger partial charge in [0.1, 0.15) is 0 Å². The van der Waals surface area contributed by atoms with E-state index in [9.17, 15) is 4.79 Å². The Morgan fingerprint density at radius 3 is 2.56 bits per heavy atom. The first-order chi connectivity index (χ1) is 7.65. The Balaban J connectivity index is 2.27. The smallest absolute Gasteiger partial charge is 0.225 e. The third kappa shape index (κ3) is 4.10. The molecule has 0 aromatic rings. The van der Waals surface area contributed by atoms with Gasteiger partial charge in [0, 0.05) is 32.2 Å². The van der Waals surface area contributed by atoms with Gasteiger partial charge in [-0.3, -0.25) is 4.79 Å². The molecule has 1 amide bonds. The first kappa shape index (κ1) is 13.5. The van der Waals surface area contributed by atoms with Crippen LogP contribution in [0, 0.1) is 5.92 Å². The van der Waals surface area contributed by atoms with E-state index in [1.165, 1.54) is 0 Å². The van der Waals surface area contributed by atoms with E-state index < -0.39 is 0 Å². The summed E-state index contributed by atoms with van der Waals surface area (Å²) in [6.45, 7) is 3.99. The summed E-state index contributed by atoms with van der Waals surface area (Å²) in [7, 11) is 1.86. The number of ether oxygens (including phenoxy) is 1. The number of nitrogens with two attached hydrogens (primary N) is 1. The summed E-state index contributed by atoms with van der Waals surface area (Å²) in [6.07, 6.45) is 3.85. The van der Waals surface area contributed by atoms with Crippen molar-refractivity contribution in [3.05, 3.63) is 0 Å². The third-order valence-corrected chi connectivity index (χ3v) is 3.27. The molecule has 0 atom stereocenters. The molecule has 0 bridgehead atoms. The molecule has 0 saturated heterocycles. The lowest BCUT2D eigenvalue weighted by molar-refractivity contribution is -0.135. The number of carbonyl (C=O) groups is 1. The summed E-state index contributed by atoms with van der Waals surface area (Å²) in [6, 6.07) is 0.304. The number of hydrogen-bond acceptors (Lipinski definition) is 3. The topological polar surface area (TPSA) is 55.6 Å². The van der Waals surface area contributed by atoms with E-state index in [2.05, 4.69) is 0 Å². The van der Waals surface area contributed by atoms with Gasteiger partial charge in [-0.1, -0.05) is 0 Å². The molecule has 16 heavy (non-hydrogen) atoms. The average molecular weight is 228 g/mol. The normalized spacial score (nSPS) is 25.4. The van der Waals surface area contributed by atoms with E-state index in [0.717, 1.165) is 25.7 Å². The number of rotatable bonds is 5. The second kappa shape index (κ2) is 6.86. The van der Waals surface area contributed by atoms with Crippen LogP contribution in [0.2, 0.25) is 0 Å². The van der Waals surface area contributed by atoms with E-state index in [-0.39, 0.29) is 11.8 Å². The summed E-state index contributed by atoms with van der Waals surface area (Å²) in [5, 5.41) is 0. The van der Waals surface area contributed by atoms with E-state index in [1.807, 2.05) is 14.0 Å². The zero-order chi connectivity index (χ0) is 12.0. The van der Waals surface area contributed by atoms with Gasteiger partial charge >= 0.3 is 0 Å². The van der Waals surface area contributed by atoms with Crippen molar-refractivity contribution in [2.24, 2.45) is 11.7 Å². The highest BCUT2D eigenvalue weighted by molar-refractivity contribution is 5.78. The van der Waals surface area contributed by atoms with E-state index in [1.54, 1.807) is 4.90 Å². The van der Waals surface area contributed by atoms with Crippen LogP contribution in [0.3, 0.4) is 0 Å². The van der Waals surface area contributed by atoms with Gasteiger partial charge in [0.05, 0.1) is 6.61 Å². The van der Waals surface area contributed by atoms with Crippen molar-refractivity contribution in [2.45, 2.75) is 38.6 Å². The molecule has 1 aliphatic carbocycles. The maximum atomic E-state index is 12.0. The predicted molar refractivity (Wildman–Crippen MR) is 64.1 cm³/mol. The number of amides is 1. The highest BCUT2D eigenvalue weighted by Crippen LogP contribution is 2.24. The number of nitrogens with zero attached hydrogens (tertiary/aromatic N) is 1. The van der Waals surface area contributed by atoms with Crippen molar-refractivity contribution in [1.29, 1.82) is 0 Å². The molecule has 0 spiro atoms. The molecular weight excluding hydrogens is 204 g/mol. The molecule has 0 aliphatic heterocycles. The Kier molecular flexibility index (Phi) is 5.77. The van der Waals surface area contributed by atoms with Crippen LogP contribution in [-0.4, -0.2) is 43.7 Å². The van der Waals surface area contributed by atoms with Gasteiger partial charge in [-0.05, 0) is 32.6 Å². The fraction of sp³-hybridized carbons (Fsp3) is 0.917. The van der Waals surface area contributed by atoms with Crippen molar-refractivity contribution in [2.75, 3.05) is 26.8 Å².